The molecule has 1 aliphatic heterocycles. The van der Waals surface area contributed by atoms with E-state index in [4.69, 9.17) is 0 Å². The SMILES string of the molecule is c1nnc2n1C[C@@H](CNC1CCCCCC1)CC2. The number of hydrogen-bond acceptors (Lipinski definition) is 3. The number of fused-ring (bicyclic) bond motifs is 1. The Morgan fingerprint density at radius 2 is 2.00 bits per heavy atom. The van der Waals surface area contributed by atoms with E-state index in [-0.39, 0.29) is 0 Å². The van der Waals surface area contributed by atoms with Crippen LogP contribution in [0.25, 0.3) is 0 Å². The molecule has 1 aromatic heterocycles. The van der Waals surface area contributed by atoms with Crippen LogP contribution in [0, 0.1) is 5.92 Å². The quantitative estimate of drug-likeness (QED) is 0.834. The molecule has 100 valence electrons. The zero-order chi connectivity index (χ0) is 12.2. The van der Waals surface area contributed by atoms with Crippen LogP contribution in [0.3, 0.4) is 0 Å². The van der Waals surface area contributed by atoms with Gasteiger partial charge in [0.2, 0.25) is 0 Å². The molecule has 1 N–H and O–H groups in total. The molecular formula is C14H24N4. The van der Waals surface area contributed by atoms with Gasteiger partial charge in [0.25, 0.3) is 0 Å². The number of nitrogens with zero attached hydrogens (tertiary/aromatic N) is 3. The highest BCUT2D eigenvalue weighted by molar-refractivity contribution is 4.92. The molecule has 4 heteroatoms. The minimum Gasteiger partial charge on any atom is -0.317 e. The van der Waals surface area contributed by atoms with Gasteiger partial charge in [-0.05, 0) is 31.7 Å². The predicted molar refractivity (Wildman–Crippen MR) is 71.3 cm³/mol. The van der Waals surface area contributed by atoms with E-state index in [9.17, 15) is 0 Å². The van der Waals surface area contributed by atoms with E-state index >= 15 is 0 Å². The summed E-state index contributed by atoms with van der Waals surface area (Å²) in [6.45, 7) is 2.27. The zero-order valence-corrected chi connectivity index (χ0v) is 11.1. The Kier molecular flexibility index (Phi) is 3.93. The van der Waals surface area contributed by atoms with Crippen molar-refractivity contribution in [3.8, 4) is 0 Å². The molecule has 2 aliphatic rings. The Morgan fingerprint density at radius 3 is 2.83 bits per heavy atom. The van der Waals surface area contributed by atoms with Crippen LogP contribution in [0.15, 0.2) is 6.33 Å². The molecular weight excluding hydrogens is 224 g/mol. The van der Waals surface area contributed by atoms with Crippen LogP contribution >= 0.6 is 0 Å². The van der Waals surface area contributed by atoms with Crippen molar-refractivity contribution in [3.63, 3.8) is 0 Å². The minimum atomic E-state index is 0.761. The highest BCUT2D eigenvalue weighted by Crippen LogP contribution is 2.20. The molecule has 1 aliphatic carbocycles. The maximum absolute atomic E-state index is 4.15. The summed E-state index contributed by atoms with van der Waals surface area (Å²) in [5.74, 6) is 1.93. The summed E-state index contributed by atoms with van der Waals surface area (Å²) >= 11 is 0. The Hall–Kier alpha value is -0.900. The lowest BCUT2D eigenvalue weighted by atomic mass is 9.98. The summed E-state index contributed by atoms with van der Waals surface area (Å²) in [5.41, 5.74) is 0. The Bertz CT molecular complexity index is 366. The third-order valence-corrected chi connectivity index (χ3v) is 4.48. The van der Waals surface area contributed by atoms with Gasteiger partial charge >= 0.3 is 0 Å². The van der Waals surface area contributed by atoms with Gasteiger partial charge < -0.3 is 9.88 Å². The molecule has 18 heavy (non-hydrogen) atoms. The molecule has 0 aromatic carbocycles. The average molecular weight is 248 g/mol. The van der Waals surface area contributed by atoms with Crippen LogP contribution in [-0.4, -0.2) is 27.4 Å². The molecule has 1 fully saturated rings. The van der Waals surface area contributed by atoms with Crippen molar-refractivity contribution in [1.29, 1.82) is 0 Å². The molecule has 1 saturated carbocycles. The number of hydrogen-bond donors (Lipinski definition) is 1. The molecule has 1 aromatic rings. The molecule has 0 amide bonds. The van der Waals surface area contributed by atoms with Crippen molar-refractivity contribution in [2.45, 2.75) is 64.0 Å². The van der Waals surface area contributed by atoms with Crippen molar-refractivity contribution in [2.75, 3.05) is 6.54 Å². The van der Waals surface area contributed by atoms with Crippen LogP contribution in [0.2, 0.25) is 0 Å². The molecule has 0 unspecified atom stereocenters. The topological polar surface area (TPSA) is 42.7 Å². The largest absolute Gasteiger partial charge is 0.317 e. The maximum Gasteiger partial charge on any atom is 0.132 e. The van der Waals surface area contributed by atoms with Gasteiger partial charge in [-0.2, -0.15) is 0 Å². The number of aryl methyl sites for hydroxylation is 1. The van der Waals surface area contributed by atoms with Crippen molar-refractivity contribution in [2.24, 2.45) is 5.92 Å². The third-order valence-electron chi connectivity index (χ3n) is 4.48. The first kappa shape index (κ1) is 12.2. The molecule has 0 spiro atoms. The average Bonchev–Trinajstić information content (AvgIpc) is 2.70. The fraction of sp³-hybridized carbons (Fsp3) is 0.857. The van der Waals surface area contributed by atoms with E-state index in [0.29, 0.717) is 0 Å². The Labute approximate surface area is 109 Å². The van der Waals surface area contributed by atoms with Crippen LogP contribution < -0.4 is 5.32 Å². The molecule has 4 nitrogen and oxygen atoms in total. The van der Waals surface area contributed by atoms with Gasteiger partial charge in [-0.15, -0.1) is 10.2 Å². The van der Waals surface area contributed by atoms with Gasteiger partial charge in [0.1, 0.15) is 12.2 Å². The van der Waals surface area contributed by atoms with Crippen molar-refractivity contribution >= 4 is 0 Å². The highest BCUT2D eigenvalue weighted by atomic mass is 15.3. The molecule has 0 bridgehead atoms. The number of aromatic nitrogens is 3. The Morgan fingerprint density at radius 1 is 1.17 bits per heavy atom. The van der Waals surface area contributed by atoms with E-state index in [0.717, 1.165) is 24.9 Å². The first-order chi connectivity index (χ1) is 8.92. The van der Waals surface area contributed by atoms with Crippen LogP contribution in [0.4, 0.5) is 0 Å². The van der Waals surface area contributed by atoms with Gasteiger partial charge in [-0.1, -0.05) is 25.7 Å². The first-order valence-corrected chi connectivity index (χ1v) is 7.52. The van der Waals surface area contributed by atoms with Crippen LogP contribution in [-0.2, 0) is 13.0 Å². The van der Waals surface area contributed by atoms with E-state index in [1.807, 2.05) is 6.33 Å². The summed E-state index contributed by atoms with van der Waals surface area (Å²) in [5, 5.41) is 11.9. The number of rotatable bonds is 3. The van der Waals surface area contributed by atoms with Gasteiger partial charge in [0.05, 0.1) is 0 Å². The monoisotopic (exact) mass is 248 g/mol. The maximum atomic E-state index is 4.15. The predicted octanol–water partition coefficient (Wildman–Crippen LogP) is 2.15. The fourth-order valence-corrected chi connectivity index (χ4v) is 3.31. The van der Waals surface area contributed by atoms with E-state index in [1.54, 1.807) is 0 Å². The van der Waals surface area contributed by atoms with Crippen LogP contribution in [0.1, 0.15) is 50.8 Å². The normalized spacial score (nSPS) is 25.7. The number of nitrogens with one attached hydrogen (secondary N) is 1. The lowest BCUT2D eigenvalue weighted by molar-refractivity contribution is 0.322. The first-order valence-electron chi connectivity index (χ1n) is 7.52. The summed E-state index contributed by atoms with van der Waals surface area (Å²) in [4.78, 5) is 0. The zero-order valence-electron chi connectivity index (χ0n) is 11.1. The Balaban J connectivity index is 1.46. The van der Waals surface area contributed by atoms with Crippen molar-refractivity contribution < 1.29 is 0 Å². The second-order valence-electron chi connectivity index (χ2n) is 5.90. The molecule has 0 radical (unpaired) electrons. The second kappa shape index (κ2) is 5.83. The van der Waals surface area contributed by atoms with Crippen molar-refractivity contribution in [1.82, 2.24) is 20.1 Å². The van der Waals surface area contributed by atoms with Gasteiger partial charge in [-0.25, -0.2) is 0 Å². The minimum absolute atomic E-state index is 0.761. The van der Waals surface area contributed by atoms with Gasteiger partial charge in [0.15, 0.2) is 0 Å². The summed E-state index contributed by atoms with van der Waals surface area (Å²) in [7, 11) is 0. The lowest BCUT2D eigenvalue weighted by Gasteiger charge is -2.25. The van der Waals surface area contributed by atoms with Crippen LogP contribution in [0.5, 0.6) is 0 Å². The van der Waals surface area contributed by atoms with Crippen molar-refractivity contribution in [3.05, 3.63) is 12.2 Å². The molecule has 0 saturated heterocycles. The highest BCUT2D eigenvalue weighted by Gasteiger charge is 2.20. The summed E-state index contributed by atoms with van der Waals surface area (Å²) < 4.78 is 2.23. The fourth-order valence-electron chi connectivity index (χ4n) is 3.31. The van der Waals surface area contributed by atoms with E-state index in [2.05, 4.69) is 20.1 Å². The standard InChI is InChI=1S/C14H24N4/c1-2-4-6-13(5-3-1)15-9-12-7-8-14-17-16-11-18(14)10-12/h11-13,15H,1-10H2/t12-/m1/s1. The third kappa shape index (κ3) is 2.91. The van der Waals surface area contributed by atoms with Gasteiger partial charge in [0, 0.05) is 19.0 Å². The van der Waals surface area contributed by atoms with E-state index in [1.165, 1.54) is 57.3 Å². The summed E-state index contributed by atoms with van der Waals surface area (Å²) in [6.07, 6.45) is 12.7. The lowest BCUT2D eigenvalue weighted by Crippen LogP contribution is -2.36. The molecule has 1 atom stereocenters. The van der Waals surface area contributed by atoms with E-state index < -0.39 is 0 Å². The molecule has 2 heterocycles. The summed E-state index contributed by atoms with van der Waals surface area (Å²) in [6, 6.07) is 0.773. The van der Waals surface area contributed by atoms with Gasteiger partial charge in [-0.3, -0.25) is 0 Å². The second-order valence-corrected chi connectivity index (χ2v) is 5.90. The smallest absolute Gasteiger partial charge is 0.132 e. The molecule has 3 rings (SSSR count).